The lowest BCUT2D eigenvalue weighted by molar-refractivity contribution is 0.0827. The van der Waals surface area contributed by atoms with Crippen molar-refractivity contribution < 1.29 is 14.1 Å². The Labute approximate surface area is 173 Å². The predicted octanol–water partition coefficient (Wildman–Crippen LogP) is 3.93. The summed E-state index contributed by atoms with van der Waals surface area (Å²) >= 11 is 1.45. The van der Waals surface area contributed by atoms with E-state index in [0.29, 0.717) is 27.6 Å². The fourth-order valence-corrected chi connectivity index (χ4v) is 3.86. The average molecular weight is 410 g/mol. The van der Waals surface area contributed by atoms with Crippen molar-refractivity contribution >= 4 is 29.3 Å². The first-order valence-corrected chi connectivity index (χ1v) is 9.98. The molecule has 0 aliphatic heterocycles. The molecule has 2 amide bonds. The Morgan fingerprint density at radius 2 is 1.97 bits per heavy atom. The number of hydrogen-bond acceptors (Lipinski definition) is 6. The molecule has 7 nitrogen and oxygen atoms in total. The largest absolute Gasteiger partial charge is 0.361 e. The second kappa shape index (κ2) is 8.91. The summed E-state index contributed by atoms with van der Waals surface area (Å²) in [4.78, 5) is 30.9. The Hall–Kier alpha value is -3.13. The minimum absolute atomic E-state index is 0.127. The van der Waals surface area contributed by atoms with Crippen molar-refractivity contribution in [3.05, 3.63) is 70.7 Å². The van der Waals surface area contributed by atoms with Gasteiger partial charge in [0, 0.05) is 42.9 Å². The van der Waals surface area contributed by atoms with Gasteiger partial charge in [-0.2, -0.15) is 0 Å². The smallest absolute Gasteiger partial charge is 0.258 e. The molecule has 29 heavy (non-hydrogen) atoms. The van der Waals surface area contributed by atoms with Crippen LogP contribution in [-0.2, 0) is 5.75 Å². The van der Waals surface area contributed by atoms with Crippen LogP contribution >= 0.6 is 11.8 Å². The molecule has 1 aromatic carbocycles. The number of pyridine rings is 1. The molecule has 0 saturated carbocycles. The van der Waals surface area contributed by atoms with Crippen LogP contribution in [0.3, 0.4) is 0 Å². The Morgan fingerprint density at radius 3 is 2.66 bits per heavy atom. The van der Waals surface area contributed by atoms with E-state index in [-0.39, 0.29) is 11.8 Å². The molecule has 0 atom stereocenters. The number of hydrogen-bond donors (Lipinski definition) is 1. The number of rotatable bonds is 6. The summed E-state index contributed by atoms with van der Waals surface area (Å²) in [5.41, 5.74) is 3.36. The average Bonchev–Trinajstić information content (AvgIpc) is 3.03. The SMILES string of the molecule is Cc1noc(C)c1CSc1ncccc1C(=O)Nc1cccc(C(=O)N(C)C)c1. The fourth-order valence-electron chi connectivity index (χ4n) is 2.71. The van der Waals surface area contributed by atoms with Crippen LogP contribution in [0.4, 0.5) is 5.69 Å². The number of thioether (sulfide) groups is 1. The summed E-state index contributed by atoms with van der Waals surface area (Å²) < 4.78 is 5.19. The number of aryl methyl sites for hydroxylation is 2. The highest BCUT2D eigenvalue weighted by Gasteiger charge is 2.16. The molecule has 3 rings (SSSR count). The van der Waals surface area contributed by atoms with Crippen LogP contribution in [0.5, 0.6) is 0 Å². The van der Waals surface area contributed by atoms with E-state index in [1.165, 1.54) is 16.7 Å². The number of carbonyl (C=O) groups excluding carboxylic acids is 2. The van der Waals surface area contributed by atoms with E-state index in [0.717, 1.165) is 17.0 Å². The number of nitrogens with one attached hydrogen (secondary N) is 1. The molecule has 0 spiro atoms. The predicted molar refractivity (Wildman–Crippen MR) is 112 cm³/mol. The Bertz CT molecular complexity index is 1030. The number of benzene rings is 1. The Morgan fingerprint density at radius 1 is 1.17 bits per heavy atom. The van der Waals surface area contributed by atoms with Gasteiger partial charge in [-0.3, -0.25) is 9.59 Å². The van der Waals surface area contributed by atoms with Gasteiger partial charge in [-0.05, 0) is 44.2 Å². The molecule has 1 N–H and O–H groups in total. The second-order valence-corrected chi connectivity index (χ2v) is 7.65. The lowest BCUT2D eigenvalue weighted by Crippen LogP contribution is -2.22. The minimum Gasteiger partial charge on any atom is -0.361 e. The van der Waals surface area contributed by atoms with Gasteiger partial charge < -0.3 is 14.7 Å². The highest BCUT2D eigenvalue weighted by Crippen LogP contribution is 2.27. The molecule has 2 aromatic heterocycles. The number of anilines is 1. The number of nitrogens with zero attached hydrogens (tertiary/aromatic N) is 3. The quantitative estimate of drug-likeness (QED) is 0.620. The third-order valence-corrected chi connectivity index (χ3v) is 5.36. The molecule has 8 heteroatoms. The molecule has 0 saturated heterocycles. The Balaban J connectivity index is 1.77. The molecule has 2 heterocycles. The van der Waals surface area contributed by atoms with Crippen LogP contribution in [0, 0.1) is 13.8 Å². The van der Waals surface area contributed by atoms with Gasteiger partial charge in [0.25, 0.3) is 11.8 Å². The zero-order valence-electron chi connectivity index (χ0n) is 16.7. The molecular formula is C21H22N4O3S. The first-order chi connectivity index (χ1) is 13.9. The van der Waals surface area contributed by atoms with Gasteiger partial charge in [0.05, 0.1) is 11.3 Å². The van der Waals surface area contributed by atoms with Crippen LogP contribution in [0.15, 0.2) is 52.1 Å². The first kappa shape index (κ1) is 20.6. The topological polar surface area (TPSA) is 88.3 Å². The van der Waals surface area contributed by atoms with Gasteiger partial charge in [0.15, 0.2) is 0 Å². The van der Waals surface area contributed by atoms with Crippen LogP contribution in [0.25, 0.3) is 0 Å². The maximum absolute atomic E-state index is 12.9. The van der Waals surface area contributed by atoms with E-state index < -0.39 is 0 Å². The molecule has 3 aromatic rings. The molecule has 0 bridgehead atoms. The van der Waals surface area contributed by atoms with Crippen LogP contribution in [0.1, 0.15) is 37.7 Å². The van der Waals surface area contributed by atoms with Crippen molar-refractivity contribution in [3.63, 3.8) is 0 Å². The van der Waals surface area contributed by atoms with E-state index in [1.807, 2.05) is 13.8 Å². The third kappa shape index (κ3) is 4.83. The van der Waals surface area contributed by atoms with Crippen molar-refractivity contribution in [3.8, 4) is 0 Å². The van der Waals surface area contributed by atoms with Gasteiger partial charge in [0.1, 0.15) is 10.8 Å². The highest BCUT2D eigenvalue weighted by atomic mass is 32.2. The maximum Gasteiger partial charge on any atom is 0.258 e. The lowest BCUT2D eigenvalue weighted by Gasteiger charge is -2.12. The van der Waals surface area contributed by atoms with Crippen LogP contribution < -0.4 is 5.32 Å². The van der Waals surface area contributed by atoms with Crippen molar-refractivity contribution in [2.75, 3.05) is 19.4 Å². The fraction of sp³-hybridized carbons (Fsp3) is 0.238. The summed E-state index contributed by atoms with van der Waals surface area (Å²) in [6, 6.07) is 10.3. The highest BCUT2D eigenvalue weighted by molar-refractivity contribution is 7.98. The standard InChI is InChI=1S/C21H22N4O3S/c1-13-18(14(2)28-24-13)12-29-20-17(9-6-10-22-20)19(26)23-16-8-5-7-15(11-16)21(27)25(3)4/h5-11H,12H2,1-4H3,(H,23,26). The van der Waals surface area contributed by atoms with Crippen molar-refractivity contribution in [2.45, 2.75) is 24.6 Å². The summed E-state index contributed by atoms with van der Waals surface area (Å²) in [7, 11) is 3.37. The van der Waals surface area contributed by atoms with Crippen LogP contribution in [0.2, 0.25) is 0 Å². The maximum atomic E-state index is 12.9. The second-order valence-electron chi connectivity index (χ2n) is 6.68. The van der Waals surface area contributed by atoms with Crippen LogP contribution in [-0.4, -0.2) is 41.0 Å². The number of carbonyl (C=O) groups is 2. The summed E-state index contributed by atoms with van der Waals surface area (Å²) in [6.07, 6.45) is 1.66. The number of aromatic nitrogens is 2. The van der Waals surface area contributed by atoms with Gasteiger partial charge in [-0.25, -0.2) is 4.98 Å². The molecule has 0 aliphatic carbocycles. The zero-order valence-corrected chi connectivity index (χ0v) is 17.5. The van der Waals surface area contributed by atoms with Crippen molar-refractivity contribution in [1.82, 2.24) is 15.0 Å². The van der Waals surface area contributed by atoms with Gasteiger partial charge >= 0.3 is 0 Å². The lowest BCUT2D eigenvalue weighted by atomic mass is 10.1. The molecule has 0 unspecified atom stereocenters. The molecular weight excluding hydrogens is 388 g/mol. The van der Waals surface area contributed by atoms with Crippen molar-refractivity contribution in [1.29, 1.82) is 0 Å². The monoisotopic (exact) mass is 410 g/mol. The van der Waals surface area contributed by atoms with E-state index in [4.69, 9.17) is 4.52 Å². The number of amides is 2. The van der Waals surface area contributed by atoms with E-state index in [9.17, 15) is 9.59 Å². The minimum atomic E-state index is -0.284. The third-order valence-electron chi connectivity index (χ3n) is 4.32. The summed E-state index contributed by atoms with van der Waals surface area (Å²) in [5, 5.41) is 7.43. The first-order valence-electron chi connectivity index (χ1n) is 8.99. The Kier molecular flexibility index (Phi) is 6.33. The summed E-state index contributed by atoms with van der Waals surface area (Å²) in [6.45, 7) is 3.75. The van der Waals surface area contributed by atoms with Gasteiger partial charge in [0.2, 0.25) is 0 Å². The summed E-state index contributed by atoms with van der Waals surface area (Å²) in [5.74, 6) is 0.956. The van der Waals surface area contributed by atoms with Gasteiger partial charge in [-0.1, -0.05) is 11.2 Å². The molecule has 0 aliphatic rings. The zero-order chi connectivity index (χ0) is 21.0. The van der Waals surface area contributed by atoms with E-state index in [1.54, 1.807) is 56.7 Å². The van der Waals surface area contributed by atoms with Gasteiger partial charge in [-0.15, -0.1) is 11.8 Å². The van der Waals surface area contributed by atoms with E-state index in [2.05, 4.69) is 15.5 Å². The van der Waals surface area contributed by atoms with E-state index >= 15 is 0 Å². The molecule has 0 radical (unpaired) electrons. The normalized spacial score (nSPS) is 10.6. The molecule has 0 fully saturated rings. The van der Waals surface area contributed by atoms with Crippen molar-refractivity contribution in [2.24, 2.45) is 0 Å². The molecule has 150 valence electrons.